The number of aliphatic hydroxyl groups is 3. The fraction of sp³-hybridized carbons (Fsp3) is 0.400. The van der Waals surface area contributed by atoms with Crippen molar-refractivity contribution >= 4 is 0 Å². The van der Waals surface area contributed by atoms with E-state index in [0.29, 0.717) is 0 Å². The number of ether oxygens (including phenoxy) is 3. The molecule has 0 spiro atoms. The zero-order valence-electron chi connectivity index (χ0n) is 14.3. The Hall–Kier alpha value is -1.80. The highest BCUT2D eigenvalue weighted by Crippen LogP contribution is 2.26. The Labute approximate surface area is 152 Å². The lowest BCUT2D eigenvalue weighted by molar-refractivity contribution is -0.306. The SMILES string of the molecule is OCC1OC(O)C(OCc2ccccc2)C(O)C1OCc1ccccc1. The summed E-state index contributed by atoms with van der Waals surface area (Å²) < 4.78 is 16.9. The molecule has 3 rings (SSSR count). The van der Waals surface area contributed by atoms with Crippen LogP contribution in [0.1, 0.15) is 11.1 Å². The van der Waals surface area contributed by atoms with Crippen molar-refractivity contribution in [3.05, 3.63) is 71.8 Å². The van der Waals surface area contributed by atoms with Gasteiger partial charge in [-0.1, -0.05) is 60.7 Å². The molecule has 1 fully saturated rings. The maximum atomic E-state index is 10.7. The van der Waals surface area contributed by atoms with E-state index in [9.17, 15) is 15.3 Å². The molecule has 1 saturated heterocycles. The molecule has 3 N–H and O–H groups in total. The van der Waals surface area contributed by atoms with E-state index in [0.717, 1.165) is 11.1 Å². The predicted octanol–water partition coefficient (Wildman–Crippen LogP) is 1.23. The van der Waals surface area contributed by atoms with E-state index in [1.165, 1.54) is 0 Å². The van der Waals surface area contributed by atoms with E-state index >= 15 is 0 Å². The number of benzene rings is 2. The molecule has 2 aromatic carbocycles. The van der Waals surface area contributed by atoms with Gasteiger partial charge in [-0.3, -0.25) is 0 Å². The molecule has 5 atom stereocenters. The molecule has 6 nitrogen and oxygen atoms in total. The zero-order valence-corrected chi connectivity index (χ0v) is 14.3. The smallest absolute Gasteiger partial charge is 0.184 e. The summed E-state index contributed by atoms with van der Waals surface area (Å²) in [6.45, 7) is 0.0983. The van der Waals surface area contributed by atoms with E-state index in [1.807, 2.05) is 60.7 Å². The van der Waals surface area contributed by atoms with Gasteiger partial charge in [0.15, 0.2) is 6.29 Å². The van der Waals surface area contributed by atoms with Gasteiger partial charge in [-0.05, 0) is 11.1 Å². The van der Waals surface area contributed by atoms with Crippen LogP contribution in [0.15, 0.2) is 60.7 Å². The first-order valence-electron chi connectivity index (χ1n) is 8.62. The molecule has 26 heavy (non-hydrogen) atoms. The summed E-state index contributed by atoms with van der Waals surface area (Å²) in [5.41, 5.74) is 1.85. The summed E-state index contributed by atoms with van der Waals surface area (Å²) in [4.78, 5) is 0. The molecule has 1 aliphatic heterocycles. The topological polar surface area (TPSA) is 88.4 Å². The van der Waals surface area contributed by atoms with E-state index in [4.69, 9.17) is 14.2 Å². The highest BCUT2D eigenvalue weighted by Gasteiger charge is 2.45. The molecule has 0 aromatic heterocycles. The van der Waals surface area contributed by atoms with Crippen molar-refractivity contribution in [1.29, 1.82) is 0 Å². The van der Waals surface area contributed by atoms with Gasteiger partial charge < -0.3 is 29.5 Å². The Balaban J connectivity index is 1.64. The summed E-state index contributed by atoms with van der Waals surface area (Å²) in [6, 6.07) is 19.0. The largest absolute Gasteiger partial charge is 0.394 e. The summed E-state index contributed by atoms with van der Waals surface area (Å²) in [6.07, 6.45) is -5.10. The lowest BCUT2D eigenvalue weighted by Crippen LogP contribution is -2.60. The summed E-state index contributed by atoms with van der Waals surface area (Å²) >= 11 is 0. The molecule has 140 valence electrons. The van der Waals surface area contributed by atoms with E-state index in [-0.39, 0.29) is 19.8 Å². The van der Waals surface area contributed by atoms with Crippen molar-refractivity contribution in [2.24, 2.45) is 0 Å². The Bertz CT molecular complexity index is 650. The van der Waals surface area contributed by atoms with E-state index in [2.05, 4.69) is 0 Å². The van der Waals surface area contributed by atoms with Gasteiger partial charge in [0.2, 0.25) is 0 Å². The third kappa shape index (κ3) is 4.67. The summed E-state index contributed by atoms with van der Waals surface area (Å²) in [5, 5.41) is 30.3. The van der Waals surface area contributed by atoms with Gasteiger partial charge in [0.05, 0.1) is 19.8 Å². The van der Waals surface area contributed by atoms with Crippen LogP contribution in [-0.2, 0) is 27.4 Å². The van der Waals surface area contributed by atoms with E-state index in [1.54, 1.807) is 0 Å². The normalized spacial score (nSPS) is 28.8. The van der Waals surface area contributed by atoms with Crippen LogP contribution in [-0.4, -0.2) is 52.6 Å². The quantitative estimate of drug-likeness (QED) is 0.688. The maximum Gasteiger partial charge on any atom is 0.184 e. The standard InChI is InChI=1S/C20H24O6/c21-11-16-18(24-12-14-7-3-1-4-8-14)17(22)19(20(23)26-16)25-13-15-9-5-2-6-10-15/h1-10,16-23H,11-13H2. The second-order valence-corrected chi connectivity index (χ2v) is 6.26. The fourth-order valence-corrected chi connectivity index (χ4v) is 2.98. The minimum atomic E-state index is -1.34. The van der Waals surface area contributed by atoms with Gasteiger partial charge in [-0.15, -0.1) is 0 Å². The molecule has 0 amide bonds. The van der Waals surface area contributed by atoms with Crippen molar-refractivity contribution in [1.82, 2.24) is 0 Å². The highest BCUT2D eigenvalue weighted by atomic mass is 16.7. The molecule has 0 radical (unpaired) electrons. The first-order chi connectivity index (χ1) is 12.7. The number of hydrogen-bond donors (Lipinski definition) is 3. The maximum absolute atomic E-state index is 10.7. The lowest BCUT2D eigenvalue weighted by Gasteiger charge is -2.41. The monoisotopic (exact) mass is 360 g/mol. The Morgan fingerprint density at radius 1 is 0.769 bits per heavy atom. The summed E-state index contributed by atoms with van der Waals surface area (Å²) in [5.74, 6) is 0. The number of rotatable bonds is 7. The molecule has 5 unspecified atom stereocenters. The third-order valence-corrected chi connectivity index (χ3v) is 4.39. The fourth-order valence-electron chi connectivity index (χ4n) is 2.98. The van der Waals surface area contributed by atoms with Gasteiger partial charge >= 0.3 is 0 Å². The van der Waals surface area contributed by atoms with Gasteiger partial charge in [-0.2, -0.15) is 0 Å². The molecule has 1 aliphatic rings. The van der Waals surface area contributed by atoms with Crippen molar-refractivity contribution in [3.8, 4) is 0 Å². The van der Waals surface area contributed by atoms with Crippen LogP contribution in [0.2, 0.25) is 0 Å². The Kier molecular flexibility index (Phi) is 6.73. The average Bonchev–Trinajstić information content (AvgIpc) is 2.68. The lowest BCUT2D eigenvalue weighted by atomic mass is 9.98. The molecule has 0 aliphatic carbocycles. The van der Waals surface area contributed by atoms with Crippen LogP contribution < -0.4 is 0 Å². The third-order valence-electron chi connectivity index (χ3n) is 4.39. The Morgan fingerprint density at radius 2 is 1.27 bits per heavy atom. The highest BCUT2D eigenvalue weighted by molar-refractivity contribution is 5.14. The minimum Gasteiger partial charge on any atom is -0.394 e. The van der Waals surface area contributed by atoms with Crippen molar-refractivity contribution in [3.63, 3.8) is 0 Å². The van der Waals surface area contributed by atoms with Crippen molar-refractivity contribution in [2.45, 2.75) is 43.9 Å². The predicted molar refractivity (Wildman–Crippen MR) is 94.0 cm³/mol. The second-order valence-electron chi connectivity index (χ2n) is 6.26. The molecule has 0 saturated carbocycles. The zero-order chi connectivity index (χ0) is 18.4. The first-order valence-corrected chi connectivity index (χ1v) is 8.62. The Morgan fingerprint density at radius 3 is 1.77 bits per heavy atom. The second kappa shape index (κ2) is 9.23. The summed E-state index contributed by atoms with van der Waals surface area (Å²) in [7, 11) is 0. The molecule has 2 aromatic rings. The average molecular weight is 360 g/mol. The van der Waals surface area contributed by atoms with Crippen LogP contribution in [0.25, 0.3) is 0 Å². The van der Waals surface area contributed by atoms with Crippen LogP contribution in [0.5, 0.6) is 0 Å². The van der Waals surface area contributed by atoms with Crippen LogP contribution >= 0.6 is 0 Å². The first kappa shape index (κ1) is 19.0. The van der Waals surface area contributed by atoms with Crippen LogP contribution in [0.3, 0.4) is 0 Å². The molecule has 1 heterocycles. The molecule has 0 bridgehead atoms. The van der Waals surface area contributed by atoms with Crippen molar-refractivity contribution in [2.75, 3.05) is 6.61 Å². The van der Waals surface area contributed by atoms with Crippen molar-refractivity contribution < 1.29 is 29.5 Å². The van der Waals surface area contributed by atoms with Crippen LogP contribution in [0.4, 0.5) is 0 Å². The van der Waals surface area contributed by atoms with Gasteiger partial charge in [0.25, 0.3) is 0 Å². The van der Waals surface area contributed by atoms with Gasteiger partial charge in [0, 0.05) is 0 Å². The van der Waals surface area contributed by atoms with Gasteiger partial charge in [0.1, 0.15) is 24.4 Å². The number of hydrogen-bond acceptors (Lipinski definition) is 6. The minimum absolute atomic E-state index is 0.220. The number of aliphatic hydroxyl groups excluding tert-OH is 3. The molecule has 6 heteroatoms. The molecular formula is C20H24O6. The molecular weight excluding hydrogens is 336 g/mol. The van der Waals surface area contributed by atoms with E-state index < -0.39 is 30.7 Å². The van der Waals surface area contributed by atoms with Crippen LogP contribution in [0, 0.1) is 0 Å². The van der Waals surface area contributed by atoms with Gasteiger partial charge in [-0.25, -0.2) is 0 Å².